The summed E-state index contributed by atoms with van der Waals surface area (Å²) in [6.45, 7) is 3.06. The van der Waals surface area contributed by atoms with Gasteiger partial charge in [-0.15, -0.1) is 0 Å². The van der Waals surface area contributed by atoms with Gasteiger partial charge in [-0.1, -0.05) is 6.07 Å². The van der Waals surface area contributed by atoms with Crippen LogP contribution >= 0.6 is 0 Å². The molecule has 6 heteroatoms. The van der Waals surface area contributed by atoms with E-state index in [1.807, 2.05) is 6.92 Å². The first-order chi connectivity index (χ1) is 11.1. The molecule has 122 valence electrons. The summed E-state index contributed by atoms with van der Waals surface area (Å²) in [5, 5.41) is 5.59. The van der Waals surface area contributed by atoms with Crippen LogP contribution in [-0.2, 0) is 0 Å². The van der Waals surface area contributed by atoms with E-state index < -0.39 is 0 Å². The van der Waals surface area contributed by atoms with Crippen molar-refractivity contribution in [3.63, 3.8) is 0 Å². The van der Waals surface area contributed by atoms with E-state index in [0.29, 0.717) is 24.3 Å². The van der Waals surface area contributed by atoms with Crippen molar-refractivity contribution in [1.82, 2.24) is 5.32 Å². The maximum atomic E-state index is 12.1. The summed E-state index contributed by atoms with van der Waals surface area (Å²) in [5.74, 6) is -0.296. The van der Waals surface area contributed by atoms with Crippen LogP contribution in [-0.4, -0.2) is 24.9 Å². The van der Waals surface area contributed by atoms with Crippen LogP contribution in [0.25, 0.3) is 0 Å². The SMILES string of the molecule is Cc1ccc(C(=O)NCCCCN)cc1NC(=O)c1ccco1. The predicted molar refractivity (Wildman–Crippen MR) is 88.5 cm³/mol. The number of nitrogens with one attached hydrogen (secondary N) is 2. The fraction of sp³-hybridized carbons (Fsp3) is 0.294. The van der Waals surface area contributed by atoms with E-state index in [4.69, 9.17) is 10.2 Å². The number of carbonyl (C=O) groups is 2. The second-order valence-electron chi connectivity index (χ2n) is 5.21. The van der Waals surface area contributed by atoms with Crippen LogP contribution in [0.5, 0.6) is 0 Å². The number of anilines is 1. The second kappa shape index (κ2) is 8.14. The molecule has 0 saturated carbocycles. The molecule has 0 atom stereocenters. The third-order valence-corrected chi connectivity index (χ3v) is 3.41. The van der Waals surface area contributed by atoms with Crippen molar-refractivity contribution in [1.29, 1.82) is 0 Å². The summed E-state index contributed by atoms with van der Waals surface area (Å²) in [5.41, 5.74) is 7.37. The van der Waals surface area contributed by atoms with E-state index in [9.17, 15) is 9.59 Å². The molecule has 0 unspecified atom stereocenters. The van der Waals surface area contributed by atoms with Crippen molar-refractivity contribution >= 4 is 17.5 Å². The van der Waals surface area contributed by atoms with Gasteiger partial charge in [0, 0.05) is 17.8 Å². The third kappa shape index (κ3) is 4.69. The molecule has 0 fully saturated rings. The highest BCUT2D eigenvalue weighted by Gasteiger charge is 2.12. The average molecular weight is 315 g/mol. The Morgan fingerprint density at radius 2 is 2.00 bits per heavy atom. The molecule has 2 aromatic rings. The van der Waals surface area contributed by atoms with Gasteiger partial charge in [0.2, 0.25) is 0 Å². The number of carbonyl (C=O) groups excluding carboxylic acids is 2. The van der Waals surface area contributed by atoms with E-state index in [0.717, 1.165) is 18.4 Å². The molecule has 0 aliphatic carbocycles. The smallest absolute Gasteiger partial charge is 0.291 e. The molecule has 0 radical (unpaired) electrons. The summed E-state index contributed by atoms with van der Waals surface area (Å²) in [6.07, 6.45) is 3.15. The minimum absolute atomic E-state index is 0.171. The Morgan fingerprint density at radius 3 is 2.70 bits per heavy atom. The molecule has 6 nitrogen and oxygen atoms in total. The zero-order valence-corrected chi connectivity index (χ0v) is 13.1. The largest absolute Gasteiger partial charge is 0.459 e. The first-order valence-electron chi connectivity index (χ1n) is 7.55. The van der Waals surface area contributed by atoms with Gasteiger partial charge in [0.15, 0.2) is 5.76 Å². The Labute approximate surface area is 135 Å². The summed E-state index contributed by atoms with van der Waals surface area (Å²) >= 11 is 0. The molecule has 23 heavy (non-hydrogen) atoms. The number of amides is 2. The van der Waals surface area contributed by atoms with Gasteiger partial charge >= 0.3 is 0 Å². The van der Waals surface area contributed by atoms with Gasteiger partial charge in [-0.3, -0.25) is 9.59 Å². The van der Waals surface area contributed by atoms with Gasteiger partial charge in [0.25, 0.3) is 11.8 Å². The Bertz CT molecular complexity index is 666. The van der Waals surface area contributed by atoms with Crippen molar-refractivity contribution in [2.24, 2.45) is 5.73 Å². The van der Waals surface area contributed by atoms with Gasteiger partial charge < -0.3 is 20.8 Å². The molecule has 0 saturated heterocycles. The zero-order chi connectivity index (χ0) is 16.7. The van der Waals surface area contributed by atoms with Crippen LogP contribution < -0.4 is 16.4 Å². The van der Waals surface area contributed by atoms with E-state index in [1.54, 1.807) is 30.3 Å². The molecule has 2 amide bonds. The van der Waals surface area contributed by atoms with Crippen molar-refractivity contribution in [2.75, 3.05) is 18.4 Å². The summed E-state index contributed by atoms with van der Waals surface area (Å²) in [7, 11) is 0. The number of unbranched alkanes of at least 4 members (excludes halogenated alkanes) is 1. The lowest BCUT2D eigenvalue weighted by Gasteiger charge is -2.10. The Morgan fingerprint density at radius 1 is 1.17 bits per heavy atom. The van der Waals surface area contributed by atoms with Crippen molar-refractivity contribution < 1.29 is 14.0 Å². The average Bonchev–Trinajstić information content (AvgIpc) is 3.08. The maximum absolute atomic E-state index is 12.1. The molecule has 0 bridgehead atoms. The summed E-state index contributed by atoms with van der Waals surface area (Å²) in [4.78, 5) is 24.1. The molecule has 4 N–H and O–H groups in total. The van der Waals surface area contributed by atoms with E-state index in [-0.39, 0.29) is 17.6 Å². The fourth-order valence-corrected chi connectivity index (χ4v) is 2.06. The molecule has 1 aromatic heterocycles. The number of nitrogens with two attached hydrogens (primary N) is 1. The molecular formula is C17H21N3O3. The molecule has 1 heterocycles. The Kier molecular flexibility index (Phi) is 5.94. The van der Waals surface area contributed by atoms with Crippen molar-refractivity contribution in [2.45, 2.75) is 19.8 Å². The van der Waals surface area contributed by atoms with E-state index in [1.165, 1.54) is 6.26 Å². The highest BCUT2D eigenvalue weighted by molar-refractivity contribution is 6.03. The second-order valence-corrected chi connectivity index (χ2v) is 5.21. The lowest BCUT2D eigenvalue weighted by molar-refractivity contribution is 0.0951. The van der Waals surface area contributed by atoms with Crippen LogP contribution in [0.1, 0.15) is 39.3 Å². The molecule has 1 aromatic carbocycles. The first-order valence-corrected chi connectivity index (χ1v) is 7.55. The number of benzene rings is 1. The van der Waals surface area contributed by atoms with Crippen molar-refractivity contribution in [3.8, 4) is 0 Å². The topological polar surface area (TPSA) is 97.4 Å². The summed E-state index contributed by atoms with van der Waals surface area (Å²) in [6, 6.07) is 8.42. The molecular weight excluding hydrogens is 294 g/mol. The van der Waals surface area contributed by atoms with E-state index >= 15 is 0 Å². The quantitative estimate of drug-likeness (QED) is 0.683. The highest BCUT2D eigenvalue weighted by Crippen LogP contribution is 2.18. The number of aryl methyl sites for hydroxylation is 1. The monoisotopic (exact) mass is 315 g/mol. The molecule has 2 rings (SSSR count). The van der Waals surface area contributed by atoms with Gasteiger partial charge in [0.05, 0.1) is 6.26 Å². The van der Waals surface area contributed by atoms with Crippen LogP contribution in [0.3, 0.4) is 0 Å². The minimum atomic E-state index is -0.349. The Hall–Kier alpha value is -2.60. The van der Waals surface area contributed by atoms with Gasteiger partial charge in [-0.25, -0.2) is 0 Å². The molecule has 0 aliphatic heterocycles. The van der Waals surface area contributed by atoms with Gasteiger partial charge in [0.1, 0.15) is 0 Å². The normalized spacial score (nSPS) is 10.3. The maximum Gasteiger partial charge on any atom is 0.291 e. The lowest BCUT2D eigenvalue weighted by atomic mass is 10.1. The number of hydrogen-bond acceptors (Lipinski definition) is 4. The van der Waals surface area contributed by atoms with Gasteiger partial charge in [-0.2, -0.15) is 0 Å². The molecule has 0 aliphatic rings. The molecule has 0 spiro atoms. The zero-order valence-electron chi connectivity index (χ0n) is 13.1. The van der Waals surface area contributed by atoms with Crippen molar-refractivity contribution in [3.05, 3.63) is 53.5 Å². The number of hydrogen-bond donors (Lipinski definition) is 3. The third-order valence-electron chi connectivity index (χ3n) is 3.41. The standard InChI is InChI=1S/C17H21N3O3/c1-12-6-7-13(16(21)19-9-3-2-8-18)11-14(12)20-17(22)15-5-4-10-23-15/h4-7,10-11H,2-3,8-9,18H2,1H3,(H,19,21)(H,20,22). The first kappa shape index (κ1) is 16.8. The van der Waals surface area contributed by atoms with Crippen LogP contribution in [0.2, 0.25) is 0 Å². The van der Waals surface area contributed by atoms with E-state index in [2.05, 4.69) is 10.6 Å². The minimum Gasteiger partial charge on any atom is -0.459 e. The summed E-state index contributed by atoms with van der Waals surface area (Å²) < 4.78 is 5.06. The van der Waals surface area contributed by atoms with Crippen LogP contribution in [0.4, 0.5) is 5.69 Å². The fourth-order valence-electron chi connectivity index (χ4n) is 2.06. The van der Waals surface area contributed by atoms with Crippen LogP contribution in [0, 0.1) is 6.92 Å². The number of furan rings is 1. The number of rotatable bonds is 7. The highest BCUT2D eigenvalue weighted by atomic mass is 16.3. The lowest BCUT2D eigenvalue weighted by Crippen LogP contribution is -2.25. The predicted octanol–water partition coefficient (Wildman–Crippen LogP) is 2.31. The Balaban J connectivity index is 2.03. The van der Waals surface area contributed by atoms with Gasteiger partial charge in [-0.05, 0) is 56.1 Å². The van der Waals surface area contributed by atoms with Crippen LogP contribution in [0.15, 0.2) is 41.0 Å².